The van der Waals surface area contributed by atoms with Crippen molar-refractivity contribution < 1.29 is 13.9 Å². The highest BCUT2D eigenvalue weighted by Crippen LogP contribution is 2.17. The maximum atomic E-state index is 12.1. The summed E-state index contributed by atoms with van der Waals surface area (Å²) in [7, 11) is 1.81. The van der Waals surface area contributed by atoms with Crippen molar-refractivity contribution in [3.63, 3.8) is 0 Å². The second-order valence-electron chi connectivity index (χ2n) is 4.23. The Morgan fingerprint density at radius 2 is 2.18 bits per heavy atom. The van der Waals surface area contributed by atoms with E-state index in [4.69, 9.17) is 14.9 Å². The van der Waals surface area contributed by atoms with Crippen molar-refractivity contribution in [1.82, 2.24) is 4.90 Å². The van der Waals surface area contributed by atoms with Crippen LogP contribution in [-0.4, -0.2) is 37.1 Å². The lowest BCUT2D eigenvalue weighted by Gasteiger charge is -2.30. The van der Waals surface area contributed by atoms with E-state index < -0.39 is 0 Å². The summed E-state index contributed by atoms with van der Waals surface area (Å²) in [6, 6.07) is 3.66. The van der Waals surface area contributed by atoms with Gasteiger partial charge >= 0.3 is 0 Å². The molecule has 2 N–H and O–H groups in total. The van der Waals surface area contributed by atoms with E-state index in [-0.39, 0.29) is 11.9 Å². The molecule has 1 aliphatic heterocycles. The highest BCUT2D eigenvalue weighted by atomic mass is 16.5. The Hall–Kier alpha value is -1.33. The second-order valence-corrected chi connectivity index (χ2v) is 4.23. The number of carbonyl (C=O) groups excluding carboxylic acids is 1. The SMILES string of the molecule is CN(C(=O)c1ccc(CN)o1)C1CCOCC1. The number of ether oxygens (including phenoxy) is 1. The molecule has 2 heterocycles. The molecule has 1 fully saturated rings. The molecule has 0 spiro atoms. The van der Waals surface area contributed by atoms with Gasteiger partial charge in [-0.15, -0.1) is 0 Å². The molecule has 0 aliphatic carbocycles. The number of hydrogen-bond acceptors (Lipinski definition) is 4. The molecule has 1 aliphatic rings. The van der Waals surface area contributed by atoms with Gasteiger partial charge in [0.2, 0.25) is 0 Å². The summed E-state index contributed by atoms with van der Waals surface area (Å²) >= 11 is 0. The molecule has 0 radical (unpaired) electrons. The minimum absolute atomic E-state index is 0.0865. The highest BCUT2D eigenvalue weighted by Gasteiger charge is 2.25. The number of hydrogen-bond donors (Lipinski definition) is 1. The standard InChI is InChI=1S/C12H18N2O3/c1-14(9-4-6-16-7-5-9)12(15)11-3-2-10(8-13)17-11/h2-3,9H,4-8,13H2,1H3. The summed E-state index contributed by atoms with van der Waals surface area (Å²) in [4.78, 5) is 13.9. The van der Waals surface area contributed by atoms with Crippen LogP contribution in [0.15, 0.2) is 16.5 Å². The molecule has 2 rings (SSSR count). The summed E-state index contributed by atoms with van der Waals surface area (Å²) < 4.78 is 10.6. The van der Waals surface area contributed by atoms with Crippen molar-refractivity contribution in [2.45, 2.75) is 25.4 Å². The van der Waals surface area contributed by atoms with E-state index in [0.29, 0.717) is 31.3 Å². The zero-order valence-corrected chi connectivity index (χ0v) is 10.0. The molecule has 0 bridgehead atoms. The summed E-state index contributed by atoms with van der Waals surface area (Å²) in [6.07, 6.45) is 1.76. The molecule has 0 atom stereocenters. The number of carbonyl (C=O) groups is 1. The van der Waals surface area contributed by atoms with Crippen LogP contribution < -0.4 is 5.73 Å². The van der Waals surface area contributed by atoms with Crippen molar-refractivity contribution in [2.75, 3.05) is 20.3 Å². The first-order valence-corrected chi connectivity index (χ1v) is 5.86. The third kappa shape index (κ3) is 2.68. The predicted molar refractivity (Wildman–Crippen MR) is 62.5 cm³/mol. The number of furan rings is 1. The highest BCUT2D eigenvalue weighted by molar-refractivity contribution is 5.91. The Morgan fingerprint density at radius 1 is 1.47 bits per heavy atom. The molecular weight excluding hydrogens is 220 g/mol. The largest absolute Gasteiger partial charge is 0.455 e. The lowest BCUT2D eigenvalue weighted by Crippen LogP contribution is -2.40. The molecule has 5 nitrogen and oxygen atoms in total. The normalized spacial score (nSPS) is 17.1. The van der Waals surface area contributed by atoms with Gasteiger partial charge in [0.15, 0.2) is 5.76 Å². The van der Waals surface area contributed by atoms with Gasteiger partial charge in [-0.1, -0.05) is 0 Å². The minimum atomic E-state index is -0.0865. The van der Waals surface area contributed by atoms with E-state index in [1.54, 1.807) is 17.0 Å². The minimum Gasteiger partial charge on any atom is -0.455 e. The fourth-order valence-electron chi connectivity index (χ4n) is 2.01. The Kier molecular flexibility index (Phi) is 3.81. The van der Waals surface area contributed by atoms with Crippen LogP contribution in [0, 0.1) is 0 Å². The van der Waals surface area contributed by atoms with Crippen LogP contribution in [0.3, 0.4) is 0 Å². The first-order chi connectivity index (χ1) is 8.22. The number of amides is 1. The second kappa shape index (κ2) is 5.33. The Bertz CT molecular complexity index is 383. The van der Waals surface area contributed by atoms with Crippen molar-refractivity contribution in [2.24, 2.45) is 5.73 Å². The summed E-state index contributed by atoms with van der Waals surface area (Å²) in [5.74, 6) is 0.907. The molecule has 0 saturated carbocycles. The number of nitrogens with zero attached hydrogens (tertiary/aromatic N) is 1. The lowest BCUT2D eigenvalue weighted by atomic mass is 10.1. The number of nitrogens with two attached hydrogens (primary N) is 1. The summed E-state index contributed by atoms with van der Waals surface area (Å²) in [5.41, 5.74) is 5.45. The van der Waals surface area contributed by atoms with Crippen molar-refractivity contribution >= 4 is 5.91 Å². The van der Waals surface area contributed by atoms with Crippen LogP contribution in [0.2, 0.25) is 0 Å². The van der Waals surface area contributed by atoms with E-state index in [1.165, 1.54) is 0 Å². The van der Waals surface area contributed by atoms with Crippen LogP contribution in [-0.2, 0) is 11.3 Å². The molecule has 17 heavy (non-hydrogen) atoms. The van der Waals surface area contributed by atoms with E-state index in [9.17, 15) is 4.79 Å². The zero-order chi connectivity index (χ0) is 12.3. The van der Waals surface area contributed by atoms with Gasteiger partial charge in [-0.3, -0.25) is 4.79 Å². The maximum Gasteiger partial charge on any atom is 0.289 e. The van der Waals surface area contributed by atoms with Crippen molar-refractivity contribution in [3.05, 3.63) is 23.7 Å². The maximum absolute atomic E-state index is 12.1. The first-order valence-electron chi connectivity index (χ1n) is 5.86. The molecule has 0 unspecified atom stereocenters. The van der Waals surface area contributed by atoms with E-state index >= 15 is 0 Å². The van der Waals surface area contributed by atoms with Gasteiger partial charge in [0.1, 0.15) is 5.76 Å². The molecule has 1 aromatic heterocycles. The molecular formula is C12H18N2O3. The van der Waals surface area contributed by atoms with Crippen molar-refractivity contribution in [1.29, 1.82) is 0 Å². The number of rotatable bonds is 3. The van der Waals surface area contributed by atoms with E-state index in [1.807, 2.05) is 7.05 Å². The van der Waals surface area contributed by atoms with Crippen LogP contribution in [0.1, 0.15) is 29.2 Å². The Morgan fingerprint density at radius 3 is 2.76 bits per heavy atom. The van der Waals surface area contributed by atoms with Crippen LogP contribution in [0.5, 0.6) is 0 Å². The average molecular weight is 238 g/mol. The molecule has 94 valence electrons. The smallest absolute Gasteiger partial charge is 0.289 e. The third-order valence-corrected chi connectivity index (χ3v) is 3.13. The van der Waals surface area contributed by atoms with Crippen LogP contribution in [0.25, 0.3) is 0 Å². The lowest BCUT2D eigenvalue weighted by molar-refractivity contribution is 0.0344. The van der Waals surface area contributed by atoms with Crippen LogP contribution in [0.4, 0.5) is 0 Å². The Balaban J connectivity index is 2.02. The fourth-order valence-corrected chi connectivity index (χ4v) is 2.01. The molecule has 1 saturated heterocycles. The topological polar surface area (TPSA) is 68.7 Å². The quantitative estimate of drug-likeness (QED) is 0.852. The molecule has 1 aromatic rings. The molecule has 0 aromatic carbocycles. The van der Waals surface area contributed by atoms with Gasteiger partial charge in [0.05, 0.1) is 6.54 Å². The van der Waals surface area contributed by atoms with Gasteiger partial charge in [-0.25, -0.2) is 0 Å². The summed E-state index contributed by atoms with van der Waals surface area (Å²) in [5, 5.41) is 0. The van der Waals surface area contributed by atoms with Gasteiger partial charge < -0.3 is 19.8 Å². The van der Waals surface area contributed by atoms with E-state index in [2.05, 4.69) is 0 Å². The van der Waals surface area contributed by atoms with Crippen LogP contribution >= 0.6 is 0 Å². The average Bonchev–Trinajstić information content (AvgIpc) is 2.87. The van der Waals surface area contributed by atoms with Gasteiger partial charge in [-0.2, -0.15) is 0 Å². The fraction of sp³-hybridized carbons (Fsp3) is 0.583. The van der Waals surface area contributed by atoms with Gasteiger partial charge in [0.25, 0.3) is 5.91 Å². The van der Waals surface area contributed by atoms with Gasteiger partial charge in [-0.05, 0) is 25.0 Å². The molecule has 5 heteroatoms. The predicted octanol–water partition coefficient (Wildman–Crippen LogP) is 0.989. The van der Waals surface area contributed by atoms with Crippen molar-refractivity contribution in [3.8, 4) is 0 Å². The first kappa shape index (κ1) is 12.1. The Labute approximate surface area is 101 Å². The zero-order valence-electron chi connectivity index (χ0n) is 10.0. The van der Waals surface area contributed by atoms with Gasteiger partial charge in [0, 0.05) is 26.3 Å². The summed E-state index contributed by atoms with van der Waals surface area (Å²) in [6.45, 7) is 1.75. The monoisotopic (exact) mass is 238 g/mol. The molecule has 1 amide bonds. The third-order valence-electron chi connectivity index (χ3n) is 3.13. The van der Waals surface area contributed by atoms with E-state index in [0.717, 1.165) is 12.8 Å².